The summed E-state index contributed by atoms with van der Waals surface area (Å²) in [6.07, 6.45) is 2.34. The van der Waals surface area contributed by atoms with Gasteiger partial charge in [-0.05, 0) is 74.0 Å². The van der Waals surface area contributed by atoms with Gasteiger partial charge in [0, 0.05) is 49.2 Å². The Labute approximate surface area is 259 Å². The second-order valence-electron chi connectivity index (χ2n) is 10.7. The van der Waals surface area contributed by atoms with Crippen LogP contribution >= 0.6 is 0 Å². The van der Waals surface area contributed by atoms with Crippen LogP contribution in [-0.2, 0) is 20.0 Å². The lowest BCUT2D eigenvalue weighted by molar-refractivity contribution is 0.180. The van der Waals surface area contributed by atoms with Gasteiger partial charge >= 0.3 is 6.03 Å². The Balaban J connectivity index is 1.31. The fourth-order valence-corrected chi connectivity index (χ4v) is 6.58. The van der Waals surface area contributed by atoms with Gasteiger partial charge in [-0.25, -0.2) is 31.5 Å². The lowest BCUT2D eigenvalue weighted by Gasteiger charge is -2.36. The van der Waals surface area contributed by atoms with E-state index in [4.69, 9.17) is 10.5 Å². The molecule has 0 bridgehead atoms. The summed E-state index contributed by atoms with van der Waals surface area (Å²) in [4.78, 5) is 17.1. The summed E-state index contributed by atoms with van der Waals surface area (Å²) in [5.41, 5.74) is 2.18. The highest BCUT2D eigenvalue weighted by atomic mass is 32.2. The van der Waals surface area contributed by atoms with Gasteiger partial charge in [0.2, 0.25) is 20.0 Å². The zero-order valence-electron chi connectivity index (χ0n) is 24.8. The number of primary sulfonamides is 1. The van der Waals surface area contributed by atoms with Crippen LogP contribution in [0.2, 0.25) is 0 Å². The summed E-state index contributed by atoms with van der Waals surface area (Å²) in [5, 5.41) is 19.3. The third-order valence-electron chi connectivity index (χ3n) is 7.37. The van der Waals surface area contributed by atoms with Gasteiger partial charge in [0.1, 0.15) is 5.84 Å². The van der Waals surface area contributed by atoms with Crippen LogP contribution < -0.4 is 20.5 Å². The molecule has 0 radical (unpaired) electrons. The van der Waals surface area contributed by atoms with E-state index < -0.39 is 32.1 Å². The van der Waals surface area contributed by atoms with Crippen molar-refractivity contribution in [3.8, 4) is 0 Å². The SMILES string of the molecule is CCCCN1CCN(C(=N)c2cccc(NC(=O)Nc3ccc(S(=O)(=O)NC(C)c4ccc(S(N)(=O)=O)cc4)cc3)c2)CC1. The van der Waals surface area contributed by atoms with Gasteiger partial charge in [0.25, 0.3) is 0 Å². The summed E-state index contributed by atoms with van der Waals surface area (Å²) < 4.78 is 51.3. The van der Waals surface area contributed by atoms with E-state index in [9.17, 15) is 21.6 Å². The third-order valence-corrected chi connectivity index (χ3v) is 9.86. The van der Waals surface area contributed by atoms with Gasteiger partial charge < -0.3 is 15.5 Å². The molecule has 0 aromatic heterocycles. The molecule has 44 heavy (non-hydrogen) atoms. The highest BCUT2D eigenvalue weighted by Gasteiger charge is 2.21. The first-order valence-electron chi connectivity index (χ1n) is 14.3. The van der Waals surface area contributed by atoms with E-state index in [0.29, 0.717) is 28.3 Å². The molecule has 1 aliphatic rings. The minimum atomic E-state index is -3.92. The topological polar surface area (TPSA) is 178 Å². The molecule has 0 aliphatic carbocycles. The Kier molecular flexibility index (Phi) is 10.8. The van der Waals surface area contributed by atoms with Gasteiger partial charge in [-0.2, -0.15) is 0 Å². The Morgan fingerprint density at radius 1 is 0.886 bits per heavy atom. The number of carbonyl (C=O) groups is 1. The molecule has 4 rings (SSSR count). The van der Waals surface area contributed by atoms with E-state index in [2.05, 4.69) is 32.1 Å². The van der Waals surface area contributed by atoms with Crippen molar-refractivity contribution < 1.29 is 21.6 Å². The monoisotopic (exact) mass is 641 g/mol. The number of hydrogen-bond acceptors (Lipinski definition) is 7. The molecule has 12 nitrogen and oxygen atoms in total. The highest BCUT2D eigenvalue weighted by Crippen LogP contribution is 2.21. The average molecular weight is 642 g/mol. The van der Waals surface area contributed by atoms with Crippen molar-refractivity contribution >= 4 is 43.3 Å². The van der Waals surface area contributed by atoms with Crippen LogP contribution in [0.5, 0.6) is 0 Å². The van der Waals surface area contributed by atoms with E-state index in [1.54, 1.807) is 25.1 Å². The van der Waals surface area contributed by atoms with Crippen molar-refractivity contribution in [3.63, 3.8) is 0 Å². The number of sulfonamides is 2. The third kappa shape index (κ3) is 8.86. The van der Waals surface area contributed by atoms with E-state index in [-0.39, 0.29) is 9.79 Å². The number of amides is 2. The second kappa shape index (κ2) is 14.3. The molecule has 2 amide bonds. The number of unbranched alkanes of at least 4 members (excludes halogenated alkanes) is 1. The minimum absolute atomic E-state index is 0.00567. The van der Waals surface area contributed by atoms with E-state index >= 15 is 0 Å². The van der Waals surface area contributed by atoms with E-state index in [1.807, 2.05) is 6.07 Å². The first kappa shape index (κ1) is 33.1. The van der Waals surface area contributed by atoms with Crippen LogP contribution in [0.1, 0.15) is 43.9 Å². The first-order chi connectivity index (χ1) is 20.9. The summed E-state index contributed by atoms with van der Waals surface area (Å²) in [6.45, 7) is 8.33. The van der Waals surface area contributed by atoms with Gasteiger partial charge in [-0.1, -0.05) is 37.6 Å². The number of anilines is 2. The molecule has 0 spiro atoms. The van der Waals surface area contributed by atoms with Gasteiger partial charge in [0.15, 0.2) is 0 Å². The van der Waals surface area contributed by atoms with Gasteiger partial charge in [-0.15, -0.1) is 0 Å². The molecule has 1 aliphatic heterocycles. The lowest BCUT2D eigenvalue weighted by Crippen LogP contribution is -2.48. The maximum Gasteiger partial charge on any atom is 0.323 e. The molecule has 1 atom stereocenters. The number of urea groups is 1. The van der Waals surface area contributed by atoms with Crippen LogP contribution in [0.25, 0.3) is 0 Å². The largest absolute Gasteiger partial charge is 0.354 e. The van der Waals surface area contributed by atoms with Crippen molar-refractivity contribution in [1.82, 2.24) is 14.5 Å². The summed E-state index contributed by atoms with van der Waals surface area (Å²) >= 11 is 0. The Morgan fingerprint density at radius 3 is 2.11 bits per heavy atom. The number of piperazine rings is 1. The minimum Gasteiger partial charge on any atom is -0.354 e. The van der Waals surface area contributed by atoms with Crippen molar-refractivity contribution in [3.05, 3.63) is 83.9 Å². The van der Waals surface area contributed by atoms with Crippen LogP contribution in [0.4, 0.5) is 16.2 Å². The standard InChI is InChI=1S/C30H39N7O5S2/c1-3-4-16-36-17-19-37(20-18-36)29(31)24-6-5-7-26(21-24)34-30(38)33-25-10-14-28(15-11-25)44(41,42)35-22(2)23-8-12-27(13-9-23)43(32,39)40/h5-15,21-22,31,35H,3-4,16-20H2,1-2H3,(H2,32,39,40)(H2,33,34,38). The van der Waals surface area contributed by atoms with E-state index in [0.717, 1.165) is 32.7 Å². The molecule has 3 aromatic carbocycles. The maximum absolute atomic E-state index is 12.9. The smallest absolute Gasteiger partial charge is 0.323 e. The number of amidine groups is 1. The number of hydrogen-bond donors (Lipinski definition) is 5. The normalized spacial score (nSPS) is 15.0. The zero-order valence-corrected chi connectivity index (χ0v) is 26.4. The summed E-state index contributed by atoms with van der Waals surface area (Å²) in [6, 6.07) is 17.3. The van der Waals surface area contributed by atoms with Crippen LogP contribution in [-0.4, -0.2) is 71.2 Å². The Hall–Kier alpha value is -3.82. The quantitative estimate of drug-likeness (QED) is 0.156. The van der Waals surface area contributed by atoms with Crippen LogP contribution in [0.15, 0.2) is 82.6 Å². The Morgan fingerprint density at radius 2 is 1.50 bits per heavy atom. The number of nitrogens with two attached hydrogens (primary N) is 1. The molecule has 14 heteroatoms. The average Bonchev–Trinajstić information content (AvgIpc) is 2.99. The first-order valence-corrected chi connectivity index (χ1v) is 17.4. The molecule has 1 unspecified atom stereocenters. The van der Waals surface area contributed by atoms with Gasteiger partial charge in [-0.3, -0.25) is 10.3 Å². The molecule has 6 N–H and O–H groups in total. The predicted molar refractivity (Wildman–Crippen MR) is 172 cm³/mol. The Bertz CT molecular complexity index is 1670. The number of nitrogens with one attached hydrogen (secondary N) is 4. The molecular weight excluding hydrogens is 603 g/mol. The fraction of sp³-hybridized carbons (Fsp3) is 0.333. The van der Waals surface area contributed by atoms with Crippen molar-refractivity contribution in [2.45, 2.75) is 42.5 Å². The number of rotatable bonds is 11. The highest BCUT2D eigenvalue weighted by molar-refractivity contribution is 7.89. The predicted octanol–water partition coefficient (Wildman–Crippen LogP) is 3.76. The van der Waals surface area contributed by atoms with Crippen molar-refractivity contribution in [2.75, 3.05) is 43.4 Å². The van der Waals surface area contributed by atoms with Crippen molar-refractivity contribution in [1.29, 1.82) is 5.41 Å². The fourth-order valence-electron chi connectivity index (χ4n) is 4.83. The molecule has 3 aromatic rings. The van der Waals surface area contributed by atoms with E-state index in [1.165, 1.54) is 61.4 Å². The second-order valence-corrected chi connectivity index (χ2v) is 13.9. The number of nitrogens with zero attached hydrogens (tertiary/aromatic N) is 2. The molecule has 236 valence electrons. The summed E-state index contributed by atoms with van der Waals surface area (Å²) in [5.74, 6) is 0.421. The maximum atomic E-state index is 12.9. The molecule has 1 heterocycles. The zero-order chi connectivity index (χ0) is 31.9. The van der Waals surface area contributed by atoms with Crippen molar-refractivity contribution in [2.24, 2.45) is 5.14 Å². The summed E-state index contributed by atoms with van der Waals surface area (Å²) in [7, 11) is -7.77. The van der Waals surface area contributed by atoms with Crippen LogP contribution in [0, 0.1) is 5.41 Å². The van der Waals surface area contributed by atoms with Gasteiger partial charge in [0.05, 0.1) is 9.79 Å². The molecule has 0 saturated carbocycles. The molecule has 1 saturated heterocycles. The number of benzene rings is 3. The molecular formula is C30H39N7O5S2. The number of carbonyl (C=O) groups excluding carboxylic acids is 1. The van der Waals surface area contributed by atoms with Crippen LogP contribution in [0.3, 0.4) is 0 Å². The molecule has 1 fully saturated rings. The lowest BCUT2D eigenvalue weighted by atomic mass is 10.1.